The van der Waals surface area contributed by atoms with Crippen molar-refractivity contribution in [1.82, 2.24) is 0 Å². The topological polar surface area (TPSA) is 54.0 Å². The highest BCUT2D eigenvalue weighted by Gasteiger charge is 2.52. The van der Waals surface area contributed by atoms with Crippen LogP contribution in [0.5, 0.6) is 0 Å². The maximum absolute atomic E-state index is 11.7. The second-order valence-corrected chi connectivity index (χ2v) is 13.6. The van der Waals surface area contributed by atoms with Gasteiger partial charge in [-0.25, -0.2) is 0 Å². The number of carbonyl (C=O) groups is 1. The van der Waals surface area contributed by atoms with Crippen molar-refractivity contribution >= 4 is 14.3 Å². The van der Waals surface area contributed by atoms with E-state index in [1.54, 1.807) is 0 Å². The quantitative estimate of drug-likeness (QED) is 0.497. The number of ether oxygens (including phenoxy) is 3. The molecule has 0 radical (unpaired) electrons. The molecule has 0 spiro atoms. The van der Waals surface area contributed by atoms with Gasteiger partial charge in [0.15, 0.2) is 14.6 Å². The zero-order chi connectivity index (χ0) is 18.8. The molecular weight excluding hydrogens is 336 g/mol. The fourth-order valence-corrected chi connectivity index (χ4v) is 5.24. The Hall–Kier alpha value is -0.433. The minimum absolute atomic E-state index is 0.102. The van der Waals surface area contributed by atoms with E-state index in [4.69, 9.17) is 18.6 Å². The normalized spacial score (nSPS) is 32.7. The maximum atomic E-state index is 11.7. The van der Waals surface area contributed by atoms with E-state index in [9.17, 15) is 4.79 Å². The smallest absolute Gasteiger partial charge is 0.305 e. The molecule has 2 rings (SSSR count). The molecule has 2 fully saturated rings. The molecule has 0 bridgehead atoms. The number of fused-ring (bicyclic) bond motifs is 1. The van der Waals surface area contributed by atoms with Gasteiger partial charge in [0.1, 0.15) is 0 Å². The molecule has 1 saturated heterocycles. The zero-order valence-corrected chi connectivity index (χ0v) is 18.0. The van der Waals surface area contributed by atoms with Gasteiger partial charge in [-0.1, -0.05) is 20.8 Å². The molecule has 5 nitrogen and oxygen atoms in total. The predicted molar refractivity (Wildman–Crippen MR) is 99.8 cm³/mol. The van der Waals surface area contributed by atoms with E-state index in [-0.39, 0.29) is 29.5 Å². The summed E-state index contributed by atoms with van der Waals surface area (Å²) in [6.07, 6.45) is 3.32. The van der Waals surface area contributed by atoms with Crippen LogP contribution in [0.1, 0.15) is 53.4 Å². The molecule has 0 N–H and O–H groups in total. The lowest BCUT2D eigenvalue weighted by Crippen LogP contribution is -2.45. The molecule has 146 valence electrons. The zero-order valence-electron chi connectivity index (χ0n) is 17.0. The van der Waals surface area contributed by atoms with E-state index in [0.29, 0.717) is 24.9 Å². The summed E-state index contributed by atoms with van der Waals surface area (Å²) in [4.78, 5) is 11.7. The Kier molecular flexibility index (Phi) is 6.74. The highest BCUT2D eigenvalue weighted by atomic mass is 28.4. The second-order valence-electron chi connectivity index (χ2n) is 8.89. The Balaban J connectivity index is 2.09. The summed E-state index contributed by atoms with van der Waals surface area (Å²) in [6, 6.07) is 0. The number of methoxy groups -OCH3 is 1. The Morgan fingerprint density at radius 1 is 1.24 bits per heavy atom. The summed E-state index contributed by atoms with van der Waals surface area (Å²) in [5.74, 6) is 0.606. The molecule has 0 aromatic carbocycles. The molecule has 25 heavy (non-hydrogen) atoms. The van der Waals surface area contributed by atoms with Crippen molar-refractivity contribution in [2.75, 3.05) is 13.7 Å². The fraction of sp³-hybridized carbons (Fsp3) is 0.947. The van der Waals surface area contributed by atoms with Crippen LogP contribution in [-0.4, -0.2) is 46.5 Å². The van der Waals surface area contributed by atoms with Crippen LogP contribution in [0.4, 0.5) is 0 Å². The number of rotatable bonds is 7. The van der Waals surface area contributed by atoms with Gasteiger partial charge in [-0.2, -0.15) is 0 Å². The van der Waals surface area contributed by atoms with Gasteiger partial charge in [0, 0.05) is 19.4 Å². The van der Waals surface area contributed by atoms with Crippen LogP contribution in [-0.2, 0) is 23.4 Å². The number of hydrogen-bond acceptors (Lipinski definition) is 5. The molecule has 0 aromatic rings. The molecule has 0 amide bonds. The number of carbonyl (C=O) groups excluding carboxylic acids is 1. The predicted octanol–water partition coefficient (Wildman–Crippen LogP) is 4.12. The van der Waals surface area contributed by atoms with Crippen LogP contribution in [0.25, 0.3) is 0 Å². The first-order valence-corrected chi connectivity index (χ1v) is 12.5. The molecule has 1 saturated carbocycles. The molecule has 1 heterocycles. The van der Waals surface area contributed by atoms with Crippen LogP contribution in [0.2, 0.25) is 18.1 Å². The first-order chi connectivity index (χ1) is 11.6. The Morgan fingerprint density at radius 3 is 2.48 bits per heavy atom. The van der Waals surface area contributed by atoms with Crippen molar-refractivity contribution in [3.05, 3.63) is 0 Å². The van der Waals surface area contributed by atoms with Crippen molar-refractivity contribution in [2.45, 2.75) is 90.0 Å². The minimum atomic E-state index is -1.86. The van der Waals surface area contributed by atoms with Crippen molar-refractivity contribution < 1.29 is 23.4 Å². The molecule has 2 aliphatic rings. The SMILES string of the molecule is CCOC1C[C@H]2C(C[C@H](O[Si](C)(C)C(C)(C)C)[C@@H]2CCC(=O)OC)O1. The van der Waals surface area contributed by atoms with Crippen molar-refractivity contribution in [1.29, 1.82) is 0 Å². The summed E-state index contributed by atoms with van der Waals surface area (Å²) in [6.45, 7) is 14.0. The van der Waals surface area contributed by atoms with Gasteiger partial charge in [-0.05, 0) is 49.7 Å². The summed E-state index contributed by atoms with van der Waals surface area (Å²) in [7, 11) is -0.408. The summed E-state index contributed by atoms with van der Waals surface area (Å²) in [5.41, 5.74) is 0. The minimum Gasteiger partial charge on any atom is -0.469 e. The van der Waals surface area contributed by atoms with Crippen LogP contribution in [0.15, 0.2) is 0 Å². The Bertz CT molecular complexity index is 459. The standard InChI is InChI=1S/C19H36O5Si/c1-8-22-18-11-14-13(9-10-17(20)21-5)16(12-15(14)23-18)24-25(6,7)19(2,3)4/h13-16,18H,8-12H2,1-7H3/t13-,14-,15?,16+,18?/m1/s1. The van der Waals surface area contributed by atoms with Gasteiger partial charge in [0.05, 0.1) is 19.3 Å². The van der Waals surface area contributed by atoms with Gasteiger partial charge in [-0.15, -0.1) is 0 Å². The molecule has 1 aliphatic heterocycles. The van der Waals surface area contributed by atoms with Gasteiger partial charge in [0.25, 0.3) is 0 Å². The molecule has 1 aliphatic carbocycles. The largest absolute Gasteiger partial charge is 0.469 e. The lowest BCUT2D eigenvalue weighted by Gasteiger charge is -2.40. The molecule has 5 atom stereocenters. The van der Waals surface area contributed by atoms with E-state index >= 15 is 0 Å². The van der Waals surface area contributed by atoms with Crippen molar-refractivity contribution in [3.8, 4) is 0 Å². The van der Waals surface area contributed by atoms with E-state index in [1.165, 1.54) is 7.11 Å². The van der Waals surface area contributed by atoms with Crippen LogP contribution in [0.3, 0.4) is 0 Å². The molecule has 0 aromatic heterocycles. The lowest BCUT2D eigenvalue weighted by atomic mass is 9.88. The number of hydrogen-bond donors (Lipinski definition) is 0. The van der Waals surface area contributed by atoms with Gasteiger partial charge < -0.3 is 18.6 Å². The monoisotopic (exact) mass is 372 g/mol. The maximum Gasteiger partial charge on any atom is 0.305 e. The molecular formula is C19H36O5Si. The summed E-state index contributed by atoms with van der Waals surface area (Å²) >= 11 is 0. The van der Waals surface area contributed by atoms with Crippen molar-refractivity contribution in [3.63, 3.8) is 0 Å². The third-order valence-corrected chi connectivity index (χ3v) is 10.8. The average Bonchev–Trinajstić information content (AvgIpc) is 3.01. The third kappa shape index (κ3) is 4.84. The van der Waals surface area contributed by atoms with E-state index in [0.717, 1.165) is 19.3 Å². The van der Waals surface area contributed by atoms with Crippen LogP contribution < -0.4 is 0 Å². The van der Waals surface area contributed by atoms with Gasteiger partial charge in [-0.3, -0.25) is 4.79 Å². The van der Waals surface area contributed by atoms with E-state index < -0.39 is 8.32 Å². The fourth-order valence-electron chi connectivity index (χ4n) is 3.86. The molecule has 2 unspecified atom stereocenters. The van der Waals surface area contributed by atoms with Crippen molar-refractivity contribution in [2.24, 2.45) is 11.8 Å². The van der Waals surface area contributed by atoms with E-state index in [1.807, 2.05) is 6.92 Å². The summed E-state index contributed by atoms with van der Waals surface area (Å²) < 4.78 is 23.4. The third-order valence-electron chi connectivity index (χ3n) is 6.28. The van der Waals surface area contributed by atoms with Crippen LogP contribution in [0, 0.1) is 11.8 Å². The molecule has 6 heteroatoms. The first kappa shape index (κ1) is 20.9. The Labute approximate surface area is 153 Å². The second kappa shape index (κ2) is 8.07. The van der Waals surface area contributed by atoms with Gasteiger partial charge >= 0.3 is 5.97 Å². The van der Waals surface area contributed by atoms with Gasteiger partial charge in [0.2, 0.25) is 0 Å². The van der Waals surface area contributed by atoms with Crippen LogP contribution >= 0.6 is 0 Å². The highest BCUT2D eigenvalue weighted by Crippen LogP contribution is 2.49. The first-order valence-electron chi connectivity index (χ1n) is 9.60. The average molecular weight is 373 g/mol. The summed E-state index contributed by atoms with van der Waals surface area (Å²) in [5, 5.41) is 0.173. The highest BCUT2D eigenvalue weighted by molar-refractivity contribution is 6.74. The Morgan fingerprint density at radius 2 is 1.92 bits per heavy atom. The lowest BCUT2D eigenvalue weighted by molar-refractivity contribution is -0.141. The van der Waals surface area contributed by atoms with E-state index in [2.05, 4.69) is 33.9 Å². The number of esters is 1.